The molecule has 0 unspecified atom stereocenters. The van der Waals surface area contributed by atoms with Crippen LogP contribution in [0.4, 0.5) is 5.69 Å². The van der Waals surface area contributed by atoms with E-state index < -0.39 is 0 Å². The predicted octanol–water partition coefficient (Wildman–Crippen LogP) is 4.41. The van der Waals surface area contributed by atoms with E-state index >= 15 is 0 Å². The number of Topliss-reactive ketones (excluding diaryl/α,β-unsaturated/α-hetero) is 1. The van der Waals surface area contributed by atoms with E-state index in [9.17, 15) is 4.79 Å². The molecule has 0 saturated carbocycles. The van der Waals surface area contributed by atoms with Crippen LogP contribution in [-0.4, -0.2) is 19.0 Å². The number of nitrogen functional groups attached to an aromatic ring is 1. The van der Waals surface area contributed by atoms with E-state index in [1.165, 1.54) is 5.56 Å². The zero-order valence-electron chi connectivity index (χ0n) is 14.4. The van der Waals surface area contributed by atoms with Crippen LogP contribution in [0.3, 0.4) is 0 Å². The minimum atomic E-state index is 0.113. The Kier molecular flexibility index (Phi) is 6.67. The van der Waals surface area contributed by atoms with E-state index in [-0.39, 0.29) is 5.78 Å². The Labute approximate surface area is 143 Å². The molecule has 4 nitrogen and oxygen atoms in total. The van der Waals surface area contributed by atoms with Crippen molar-refractivity contribution in [3.8, 4) is 11.5 Å². The lowest BCUT2D eigenvalue weighted by atomic mass is 10.1. The molecular formula is C20H25NO3. The first kappa shape index (κ1) is 17.9. The minimum absolute atomic E-state index is 0.113. The van der Waals surface area contributed by atoms with Crippen molar-refractivity contribution in [2.45, 2.75) is 33.1 Å². The normalized spacial score (nSPS) is 10.4. The molecule has 4 heteroatoms. The summed E-state index contributed by atoms with van der Waals surface area (Å²) in [5, 5.41) is 0. The third-order valence-electron chi connectivity index (χ3n) is 3.64. The summed E-state index contributed by atoms with van der Waals surface area (Å²) in [6.45, 7) is 5.12. The van der Waals surface area contributed by atoms with E-state index in [0.29, 0.717) is 36.6 Å². The van der Waals surface area contributed by atoms with E-state index in [4.69, 9.17) is 15.2 Å². The second kappa shape index (κ2) is 8.96. The number of benzene rings is 2. The number of hydrogen-bond acceptors (Lipinski definition) is 4. The largest absolute Gasteiger partial charge is 0.493 e. The average Bonchev–Trinajstić information content (AvgIpc) is 2.57. The lowest BCUT2D eigenvalue weighted by molar-refractivity contribution is 0.0982. The number of ether oxygens (including phenoxy) is 2. The Hall–Kier alpha value is -2.49. The number of carbonyl (C=O) groups excluding carboxylic acids is 1. The summed E-state index contributed by atoms with van der Waals surface area (Å²) in [4.78, 5) is 11.9. The van der Waals surface area contributed by atoms with Crippen molar-refractivity contribution < 1.29 is 14.3 Å². The average molecular weight is 327 g/mol. The predicted molar refractivity (Wildman–Crippen MR) is 96.9 cm³/mol. The molecule has 0 heterocycles. The summed E-state index contributed by atoms with van der Waals surface area (Å²) in [6, 6.07) is 13.2. The zero-order valence-corrected chi connectivity index (χ0v) is 14.4. The zero-order chi connectivity index (χ0) is 17.4. The maximum atomic E-state index is 11.9. The van der Waals surface area contributed by atoms with Crippen LogP contribution in [-0.2, 0) is 0 Å². The highest BCUT2D eigenvalue weighted by Crippen LogP contribution is 2.23. The van der Waals surface area contributed by atoms with Crippen LogP contribution in [0.1, 0.15) is 42.1 Å². The molecule has 0 radical (unpaired) electrons. The van der Waals surface area contributed by atoms with Crippen molar-refractivity contribution in [1.29, 1.82) is 0 Å². The second-order valence-electron chi connectivity index (χ2n) is 5.79. The number of rotatable bonds is 9. The van der Waals surface area contributed by atoms with Gasteiger partial charge in [0.2, 0.25) is 0 Å². The quantitative estimate of drug-likeness (QED) is 0.421. The van der Waals surface area contributed by atoms with Crippen LogP contribution in [0, 0.1) is 6.92 Å². The molecule has 2 aromatic rings. The van der Waals surface area contributed by atoms with Crippen molar-refractivity contribution in [2.75, 3.05) is 18.9 Å². The topological polar surface area (TPSA) is 61.5 Å². The van der Waals surface area contributed by atoms with Gasteiger partial charge in [-0.3, -0.25) is 4.79 Å². The van der Waals surface area contributed by atoms with Crippen LogP contribution in [0.2, 0.25) is 0 Å². The highest BCUT2D eigenvalue weighted by Gasteiger charge is 2.08. The highest BCUT2D eigenvalue weighted by molar-refractivity contribution is 5.97. The number of anilines is 1. The molecular weight excluding hydrogens is 302 g/mol. The molecule has 0 amide bonds. The molecule has 2 N–H and O–H groups in total. The summed E-state index contributed by atoms with van der Waals surface area (Å²) in [5.41, 5.74) is 8.32. The molecule has 0 bridgehead atoms. The SMILES string of the molecule is CCCC(=O)c1ccc(OCCCOc2ccc(C)cc2)c(N)c1. The number of nitrogens with two attached hydrogens (primary N) is 1. The molecule has 2 rings (SSSR count). The van der Waals surface area contributed by atoms with Crippen molar-refractivity contribution >= 4 is 11.5 Å². The Balaban J connectivity index is 1.76. The van der Waals surface area contributed by atoms with Gasteiger partial charge in [0.25, 0.3) is 0 Å². The summed E-state index contributed by atoms with van der Waals surface area (Å²) in [6.07, 6.45) is 2.12. The van der Waals surface area contributed by atoms with E-state index in [0.717, 1.165) is 18.6 Å². The van der Waals surface area contributed by atoms with Crippen molar-refractivity contribution in [3.05, 3.63) is 53.6 Å². The van der Waals surface area contributed by atoms with Gasteiger partial charge in [0.15, 0.2) is 5.78 Å². The third-order valence-corrected chi connectivity index (χ3v) is 3.64. The smallest absolute Gasteiger partial charge is 0.162 e. The standard InChI is InChI=1S/C20H25NO3/c1-3-5-19(22)16-8-11-20(18(21)14-16)24-13-4-12-23-17-9-6-15(2)7-10-17/h6-11,14H,3-5,12-13,21H2,1-2H3. The Bertz CT molecular complexity index is 665. The Morgan fingerprint density at radius 3 is 2.42 bits per heavy atom. The molecule has 24 heavy (non-hydrogen) atoms. The van der Waals surface area contributed by atoms with E-state index in [1.807, 2.05) is 38.1 Å². The maximum Gasteiger partial charge on any atom is 0.162 e. The molecule has 0 aromatic heterocycles. The van der Waals surface area contributed by atoms with Gasteiger partial charge in [0, 0.05) is 18.4 Å². The number of hydrogen-bond donors (Lipinski definition) is 1. The Morgan fingerprint density at radius 2 is 1.75 bits per heavy atom. The first-order chi connectivity index (χ1) is 11.6. The van der Waals surface area contributed by atoms with E-state index in [2.05, 4.69) is 0 Å². The lowest BCUT2D eigenvalue weighted by Crippen LogP contribution is -2.07. The van der Waals surface area contributed by atoms with Gasteiger partial charge < -0.3 is 15.2 Å². The second-order valence-corrected chi connectivity index (χ2v) is 5.79. The van der Waals surface area contributed by atoms with Crippen molar-refractivity contribution in [1.82, 2.24) is 0 Å². The van der Waals surface area contributed by atoms with Crippen LogP contribution >= 0.6 is 0 Å². The van der Waals surface area contributed by atoms with Gasteiger partial charge in [-0.2, -0.15) is 0 Å². The van der Waals surface area contributed by atoms with Gasteiger partial charge >= 0.3 is 0 Å². The highest BCUT2D eigenvalue weighted by atomic mass is 16.5. The molecule has 0 spiro atoms. The van der Waals surface area contributed by atoms with Gasteiger partial charge in [-0.15, -0.1) is 0 Å². The number of carbonyl (C=O) groups is 1. The van der Waals surface area contributed by atoms with Crippen LogP contribution in [0.15, 0.2) is 42.5 Å². The molecule has 2 aromatic carbocycles. The van der Waals surface area contributed by atoms with Crippen molar-refractivity contribution in [3.63, 3.8) is 0 Å². The molecule has 0 fully saturated rings. The van der Waals surface area contributed by atoms with Gasteiger partial charge in [-0.25, -0.2) is 0 Å². The maximum absolute atomic E-state index is 11.9. The Morgan fingerprint density at radius 1 is 1.04 bits per heavy atom. The molecule has 0 aliphatic heterocycles. The lowest BCUT2D eigenvalue weighted by Gasteiger charge is -2.11. The third kappa shape index (κ3) is 5.30. The molecule has 128 valence electrons. The van der Waals surface area contributed by atoms with Crippen LogP contribution in [0.5, 0.6) is 11.5 Å². The fourth-order valence-corrected chi connectivity index (χ4v) is 2.29. The summed E-state index contributed by atoms with van der Waals surface area (Å²) in [7, 11) is 0. The summed E-state index contributed by atoms with van der Waals surface area (Å²) in [5.74, 6) is 1.58. The summed E-state index contributed by atoms with van der Waals surface area (Å²) < 4.78 is 11.3. The number of aryl methyl sites for hydroxylation is 1. The van der Waals surface area contributed by atoms with Gasteiger partial charge in [0.05, 0.1) is 18.9 Å². The van der Waals surface area contributed by atoms with Crippen LogP contribution in [0.25, 0.3) is 0 Å². The fourth-order valence-electron chi connectivity index (χ4n) is 2.29. The first-order valence-electron chi connectivity index (χ1n) is 8.35. The monoisotopic (exact) mass is 327 g/mol. The molecule has 0 aliphatic rings. The van der Waals surface area contributed by atoms with Gasteiger partial charge in [-0.05, 0) is 43.7 Å². The molecule has 0 aliphatic carbocycles. The number of ketones is 1. The molecule has 0 saturated heterocycles. The van der Waals surface area contributed by atoms with Crippen LogP contribution < -0.4 is 15.2 Å². The van der Waals surface area contributed by atoms with Gasteiger partial charge in [-0.1, -0.05) is 24.6 Å². The van der Waals surface area contributed by atoms with E-state index in [1.54, 1.807) is 18.2 Å². The first-order valence-corrected chi connectivity index (χ1v) is 8.35. The van der Waals surface area contributed by atoms with Gasteiger partial charge in [0.1, 0.15) is 11.5 Å². The fraction of sp³-hybridized carbons (Fsp3) is 0.350. The summed E-state index contributed by atoms with van der Waals surface area (Å²) >= 11 is 0. The van der Waals surface area contributed by atoms with Crippen molar-refractivity contribution in [2.24, 2.45) is 0 Å². The molecule has 0 atom stereocenters. The minimum Gasteiger partial charge on any atom is -0.493 e.